The van der Waals surface area contributed by atoms with Crippen LogP contribution >= 0.6 is 35.3 Å². The number of hydrogen-bond donors (Lipinski definition) is 2. The van der Waals surface area contributed by atoms with Crippen molar-refractivity contribution in [2.45, 2.75) is 13.8 Å². The second-order valence-corrected chi connectivity index (χ2v) is 8.70. The van der Waals surface area contributed by atoms with Gasteiger partial charge in [-0.2, -0.15) is 0 Å². The smallest absolute Gasteiger partial charge is 0.263 e. The Hall–Kier alpha value is -2.22. The minimum Gasteiger partial charge on any atom is -0.505 e. The van der Waals surface area contributed by atoms with Crippen molar-refractivity contribution < 1.29 is 9.90 Å². The van der Waals surface area contributed by atoms with Gasteiger partial charge in [-0.3, -0.25) is 4.79 Å². The van der Waals surface area contributed by atoms with Gasteiger partial charge in [-0.05, 0) is 43.2 Å². The van der Waals surface area contributed by atoms with E-state index in [2.05, 4.69) is 10.3 Å². The summed E-state index contributed by atoms with van der Waals surface area (Å²) in [6.45, 7) is 3.89. The summed E-state index contributed by atoms with van der Waals surface area (Å²) >= 11 is 7.81. The zero-order valence-electron chi connectivity index (χ0n) is 14.0. The standard InChI is InChI=1S/C19H14N2O2S3/c1-9-5-10(2)17(22)16-13(9)3-4-14(20-16)11-6-12(25-8-11)7-15-18(23)21-19(24)26-15/h3-8,22H,1-2H3,(H,21,23,24). The van der Waals surface area contributed by atoms with Gasteiger partial charge in [0, 0.05) is 21.2 Å². The highest BCUT2D eigenvalue weighted by Crippen LogP contribution is 2.34. The number of thiophene rings is 1. The lowest BCUT2D eigenvalue weighted by Gasteiger charge is -2.08. The third kappa shape index (κ3) is 3.02. The second-order valence-electron chi connectivity index (χ2n) is 6.04. The molecule has 2 aromatic heterocycles. The van der Waals surface area contributed by atoms with E-state index in [1.165, 1.54) is 23.1 Å². The highest BCUT2D eigenvalue weighted by atomic mass is 32.2. The summed E-state index contributed by atoms with van der Waals surface area (Å²) in [6.07, 6.45) is 1.83. The Balaban J connectivity index is 1.74. The number of amides is 1. The first-order chi connectivity index (χ1) is 12.4. The van der Waals surface area contributed by atoms with Gasteiger partial charge in [0.1, 0.15) is 15.6 Å². The van der Waals surface area contributed by atoms with E-state index in [1.807, 2.05) is 49.6 Å². The van der Waals surface area contributed by atoms with E-state index in [9.17, 15) is 9.90 Å². The highest BCUT2D eigenvalue weighted by Gasteiger charge is 2.22. The first kappa shape index (κ1) is 17.2. The molecule has 1 aromatic carbocycles. The minimum atomic E-state index is -0.158. The molecule has 26 heavy (non-hydrogen) atoms. The Morgan fingerprint density at radius 2 is 2.04 bits per heavy atom. The number of benzene rings is 1. The number of nitrogens with zero attached hydrogens (tertiary/aromatic N) is 1. The van der Waals surface area contributed by atoms with Crippen LogP contribution < -0.4 is 5.32 Å². The fourth-order valence-corrected chi connectivity index (χ4v) is 4.83. The number of thiocarbonyl (C=S) groups is 1. The molecular weight excluding hydrogens is 384 g/mol. The van der Waals surface area contributed by atoms with Crippen LogP contribution in [0.5, 0.6) is 5.75 Å². The predicted molar refractivity (Wildman–Crippen MR) is 113 cm³/mol. The van der Waals surface area contributed by atoms with Crippen LogP contribution in [0.4, 0.5) is 0 Å². The molecule has 2 N–H and O–H groups in total. The van der Waals surface area contributed by atoms with Crippen LogP contribution in [-0.4, -0.2) is 20.3 Å². The summed E-state index contributed by atoms with van der Waals surface area (Å²) in [5, 5.41) is 15.9. The summed E-state index contributed by atoms with van der Waals surface area (Å²) in [6, 6.07) is 7.89. The van der Waals surface area contributed by atoms with E-state index in [0.717, 1.165) is 32.6 Å². The third-order valence-corrected chi connectivity index (χ3v) is 6.22. The quantitative estimate of drug-likeness (QED) is 0.481. The molecule has 0 spiro atoms. The fourth-order valence-electron chi connectivity index (χ4n) is 2.89. The molecule has 1 aliphatic heterocycles. The number of pyridine rings is 1. The molecule has 0 atom stereocenters. The maximum Gasteiger partial charge on any atom is 0.263 e. The molecule has 4 nitrogen and oxygen atoms in total. The van der Waals surface area contributed by atoms with Crippen LogP contribution in [0, 0.1) is 13.8 Å². The SMILES string of the molecule is Cc1cc(C)c2ccc(-c3csc(C=C4SC(=S)NC4=O)c3)nc2c1O. The molecule has 1 saturated heterocycles. The minimum absolute atomic E-state index is 0.158. The first-order valence-corrected chi connectivity index (χ1v) is 9.96. The van der Waals surface area contributed by atoms with E-state index in [4.69, 9.17) is 12.2 Å². The van der Waals surface area contributed by atoms with Gasteiger partial charge in [0.25, 0.3) is 5.91 Å². The van der Waals surface area contributed by atoms with E-state index in [0.29, 0.717) is 14.7 Å². The Bertz CT molecular complexity index is 1120. The number of nitrogens with one attached hydrogen (secondary N) is 1. The number of thioether (sulfide) groups is 1. The van der Waals surface area contributed by atoms with Crippen LogP contribution in [0.15, 0.2) is 34.6 Å². The van der Waals surface area contributed by atoms with Crippen molar-refractivity contribution in [3.63, 3.8) is 0 Å². The van der Waals surface area contributed by atoms with Crippen LogP contribution in [0.25, 0.3) is 28.2 Å². The Kier molecular flexibility index (Phi) is 4.30. The topological polar surface area (TPSA) is 62.2 Å². The molecule has 1 amide bonds. The van der Waals surface area contributed by atoms with Crippen molar-refractivity contribution in [2.24, 2.45) is 0 Å². The number of hydrogen-bond acceptors (Lipinski definition) is 6. The largest absolute Gasteiger partial charge is 0.505 e. The number of phenols is 1. The molecule has 3 heterocycles. The molecule has 0 unspecified atom stereocenters. The molecule has 1 fully saturated rings. The number of carbonyl (C=O) groups is 1. The molecule has 1 aliphatic rings. The van der Waals surface area contributed by atoms with Crippen molar-refractivity contribution >= 4 is 62.5 Å². The maximum atomic E-state index is 11.8. The Labute approximate surface area is 164 Å². The van der Waals surface area contributed by atoms with Crippen molar-refractivity contribution in [3.05, 3.63) is 50.6 Å². The van der Waals surface area contributed by atoms with Crippen LogP contribution in [-0.2, 0) is 4.79 Å². The van der Waals surface area contributed by atoms with Gasteiger partial charge in [0.05, 0.1) is 10.6 Å². The average Bonchev–Trinajstić information content (AvgIpc) is 3.19. The molecule has 7 heteroatoms. The van der Waals surface area contributed by atoms with E-state index >= 15 is 0 Å². The molecule has 3 aromatic rings. The number of aromatic nitrogens is 1. The predicted octanol–water partition coefficient (Wildman–Crippen LogP) is 4.77. The fraction of sp³-hybridized carbons (Fsp3) is 0.105. The van der Waals surface area contributed by atoms with Crippen molar-refractivity contribution in [3.8, 4) is 17.0 Å². The number of carbonyl (C=O) groups excluding carboxylic acids is 1. The number of rotatable bonds is 2. The number of aryl methyl sites for hydroxylation is 2. The average molecular weight is 399 g/mol. The Morgan fingerprint density at radius 3 is 2.77 bits per heavy atom. The molecule has 0 saturated carbocycles. The van der Waals surface area contributed by atoms with Crippen LogP contribution in [0.3, 0.4) is 0 Å². The van der Waals surface area contributed by atoms with Gasteiger partial charge in [-0.1, -0.05) is 36.1 Å². The zero-order valence-corrected chi connectivity index (χ0v) is 16.4. The monoisotopic (exact) mass is 398 g/mol. The summed E-state index contributed by atoms with van der Waals surface area (Å²) in [5.41, 5.74) is 4.26. The lowest BCUT2D eigenvalue weighted by atomic mass is 10.0. The second kappa shape index (κ2) is 6.50. The van der Waals surface area contributed by atoms with Gasteiger partial charge < -0.3 is 10.4 Å². The Morgan fingerprint density at radius 1 is 1.23 bits per heavy atom. The molecule has 4 rings (SSSR count). The molecule has 0 radical (unpaired) electrons. The molecule has 0 bridgehead atoms. The van der Waals surface area contributed by atoms with E-state index in [-0.39, 0.29) is 11.7 Å². The third-order valence-electron chi connectivity index (χ3n) is 4.18. The van der Waals surface area contributed by atoms with Gasteiger partial charge in [-0.15, -0.1) is 11.3 Å². The van der Waals surface area contributed by atoms with Gasteiger partial charge in [-0.25, -0.2) is 4.98 Å². The summed E-state index contributed by atoms with van der Waals surface area (Å²) in [5.74, 6) is 0.0622. The normalized spacial score (nSPS) is 15.8. The van der Waals surface area contributed by atoms with Gasteiger partial charge in [0.15, 0.2) is 0 Å². The molecule has 0 aliphatic carbocycles. The number of fused-ring (bicyclic) bond motifs is 1. The highest BCUT2D eigenvalue weighted by molar-refractivity contribution is 8.26. The lowest BCUT2D eigenvalue weighted by molar-refractivity contribution is -0.115. The zero-order chi connectivity index (χ0) is 18.4. The van der Waals surface area contributed by atoms with Gasteiger partial charge >= 0.3 is 0 Å². The number of aromatic hydroxyl groups is 1. The van der Waals surface area contributed by atoms with Crippen LogP contribution in [0.2, 0.25) is 0 Å². The summed E-state index contributed by atoms with van der Waals surface area (Å²) < 4.78 is 0.482. The first-order valence-electron chi connectivity index (χ1n) is 7.86. The maximum absolute atomic E-state index is 11.8. The molecule has 130 valence electrons. The summed E-state index contributed by atoms with van der Waals surface area (Å²) in [4.78, 5) is 18.0. The number of phenolic OH excluding ortho intramolecular Hbond substituents is 1. The van der Waals surface area contributed by atoms with Crippen molar-refractivity contribution in [1.29, 1.82) is 0 Å². The van der Waals surface area contributed by atoms with Crippen LogP contribution in [0.1, 0.15) is 16.0 Å². The van der Waals surface area contributed by atoms with Crippen molar-refractivity contribution in [2.75, 3.05) is 0 Å². The van der Waals surface area contributed by atoms with Gasteiger partial charge in [0.2, 0.25) is 0 Å². The lowest BCUT2D eigenvalue weighted by Crippen LogP contribution is -2.17. The van der Waals surface area contributed by atoms with Crippen molar-refractivity contribution in [1.82, 2.24) is 10.3 Å². The summed E-state index contributed by atoms with van der Waals surface area (Å²) in [7, 11) is 0. The van der Waals surface area contributed by atoms with E-state index in [1.54, 1.807) is 0 Å². The molecular formula is C19H14N2O2S3. The van der Waals surface area contributed by atoms with E-state index < -0.39 is 0 Å².